The lowest BCUT2D eigenvalue weighted by Crippen LogP contribution is -2.45. The van der Waals surface area contributed by atoms with Gasteiger partial charge in [-0.05, 0) is 69.0 Å². The van der Waals surface area contributed by atoms with E-state index in [9.17, 15) is 5.11 Å². The fourth-order valence-electron chi connectivity index (χ4n) is 4.55. The maximum absolute atomic E-state index is 10.8. The number of hydrogen-bond acceptors (Lipinski definition) is 3. The smallest absolute Gasteiger partial charge is 0.128 e. The number of allylic oxidation sites excluding steroid dienone is 2. The van der Waals surface area contributed by atoms with Crippen LogP contribution in [-0.4, -0.2) is 17.8 Å². The second-order valence-electron chi connectivity index (χ2n) is 8.45. The Morgan fingerprint density at radius 2 is 1.82 bits per heavy atom. The molecule has 2 unspecified atom stereocenters. The first-order valence-electron chi connectivity index (χ1n) is 9.93. The molecule has 0 bridgehead atoms. The highest BCUT2D eigenvalue weighted by atomic mass is 16.5. The molecular weight excluding hydrogens is 348 g/mol. The topological polar surface area (TPSA) is 38.7 Å². The Morgan fingerprint density at radius 1 is 1.11 bits per heavy atom. The number of benzene rings is 2. The summed E-state index contributed by atoms with van der Waals surface area (Å²) in [6, 6.07) is 11.8. The van der Waals surface area contributed by atoms with Gasteiger partial charge in [-0.2, -0.15) is 0 Å². The van der Waals surface area contributed by atoms with Crippen LogP contribution in [0.5, 0.6) is 17.2 Å². The van der Waals surface area contributed by atoms with Gasteiger partial charge in [0.25, 0.3) is 0 Å². The van der Waals surface area contributed by atoms with Gasteiger partial charge in [0.05, 0.1) is 7.11 Å². The molecule has 0 aromatic heterocycles. The number of methoxy groups -OCH3 is 1. The molecule has 28 heavy (non-hydrogen) atoms. The highest BCUT2D eigenvalue weighted by molar-refractivity contribution is 5.72. The summed E-state index contributed by atoms with van der Waals surface area (Å²) in [5.41, 5.74) is 4.08. The minimum atomic E-state index is -0.250. The van der Waals surface area contributed by atoms with Crippen LogP contribution in [0.25, 0.3) is 12.2 Å². The van der Waals surface area contributed by atoms with Gasteiger partial charge in [-0.15, -0.1) is 0 Å². The Hall–Kier alpha value is -2.68. The van der Waals surface area contributed by atoms with E-state index in [0.717, 1.165) is 41.0 Å². The molecule has 0 radical (unpaired) electrons. The van der Waals surface area contributed by atoms with Gasteiger partial charge < -0.3 is 14.6 Å². The Morgan fingerprint density at radius 3 is 2.54 bits per heavy atom. The average molecular weight is 376 g/mol. The first-order valence-corrected chi connectivity index (χ1v) is 9.93. The lowest BCUT2D eigenvalue weighted by atomic mass is 9.68. The van der Waals surface area contributed by atoms with Crippen molar-refractivity contribution in [2.24, 2.45) is 5.92 Å². The second-order valence-corrected chi connectivity index (χ2v) is 8.45. The molecule has 146 valence electrons. The Bertz CT molecular complexity index is 935. The maximum Gasteiger partial charge on any atom is 0.128 e. The van der Waals surface area contributed by atoms with Crippen LogP contribution in [0.4, 0.5) is 0 Å². The summed E-state index contributed by atoms with van der Waals surface area (Å²) in [7, 11) is 1.66. The minimum absolute atomic E-state index is 0.215. The first kappa shape index (κ1) is 18.7. The van der Waals surface area contributed by atoms with Crippen LogP contribution in [0.2, 0.25) is 0 Å². The van der Waals surface area contributed by atoms with Gasteiger partial charge in [0, 0.05) is 17.4 Å². The lowest BCUT2D eigenvalue weighted by Gasteiger charge is -2.46. The standard InChI is InChI=1S/C25H28O3/c1-16-5-12-21-20(13-16)24-22(26)14-18(15-23(24)28-25(21,2)3)7-6-17-8-10-19(27-4)11-9-17/h6-11,13-15,20-21,26H,5,12H2,1-4H3/b7-6+. The van der Waals surface area contributed by atoms with Crippen molar-refractivity contribution in [3.63, 3.8) is 0 Å². The van der Waals surface area contributed by atoms with Crippen molar-refractivity contribution in [2.75, 3.05) is 7.11 Å². The van der Waals surface area contributed by atoms with Crippen molar-refractivity contribution in [1.82, 2.24) is 0 Å². The van der Waals surface area contributed by atoms with Crippen molar-refractivity contribution < 1.29 is 14.6 Å². The lowest BCUT2D eigenvalue weighted by molar-refractivity contribution is 0.0108. The summed E-state index contributed by atoms with van der Waals surface area (Å²) >= 11 is 0. The van der Waals surface area contributed by atoms with Crippen molar-refractivity contribution in [3.8, 4) is 17.2 Å². The molecule has 2 aliphatic rings. The molecular formula is C25H28O3. The highest BCUT2D eigenvalue weighted by Crippen LogP contribution is 2.53. The Balaban J connectivity index is 1.69. The molecule has 3 heteroatoms. The molecule has 4 rings (SSSR count). The number of ether oxygens (including phenoxy) is 2. The molecule has 3 nitrogen and oxygen atoms in total. The molecule has 1 heterocycles. The number of phenolic OH excluding ortho intramolecular Hbond substituents is 1. The van der Waals surface area contributed by atoms with Crippen LogP contribution in [0, 0.1) is 5.92 Å². The molecule has 2 atom stereocenters. The van der Waals surface area contributed by atoms with Crippen molar-refractivity contribution >= 4 is 12.2 Å². The quantitative estimate of drug-likeness (QED) is 0.513. The van der Waals surface area contributed by atoms with E-state index in [1.54, 1.807) is 7.11 Å². The molecule has 1 aliphatic heterocycles. The molecule has 2 aromatic rings. The van der Waals surface area contributed by atoms with Gasteiger partial charge in [0.1, 0.15) is 22.8 Å². The van der Waals surface area contributed by atoms with Crippen LogP contribution < -0.4 is 9.47 Å². The van der Waals surface area contributed by atoms with Crippen LogP contribution in [0.1, 0.15) is 56.2 Å². The second kappa shape index (κ2) is 7.05. The van der Waals surface area contributed by atoms with E-state index in [-0.39, 0.29) is 11.5 Å². The molecule has 0 fully saturated rings. The summed E-state index contributed by atoms with van der Waals surface area (Å²) in [6.07, 6.45) is 8.56. The zero-order valence-electron chi connectivity index (χ0n) is 17.0. The average Bonchev–Trinajstić information content (AvgIpc) is 2.65. The molecule has 1 N–H and O–H groups in total. The zero-order chi connectivity index (χ0) is 19.9. The Labute approximate surface area is 167 Å². The monoisotopic (exact) mass is 376 g/mol. The summed E-state index contributed by atoms with van der Waals surface area (Å²) in [5.74, 6) is 2.56. The molecule has 0 saturated carbocycles. The molecule has 2 aromatic carbocycles. The number of aromatic hydroxyl groups is 1. The number of fused-ring (bicyclic) bond motifs is 3. The van der Waals surface area contributed by atoms with Crippen LogP contribution in [-0.2, 0) is 0 Å². The van der Waals surface area contributed by atoms with E-state index in [1.165, 1.54) is 5.57 Å². The SMILES string of the molecule is COc1ccc(/C=C/c2cc(O)c3c(c2)OC(C)(C)C2CCC(C)=CC32)cc1. The van der Waals surface area contributed by atoms with Gasteiger partial charge >= 0.3 is 0 Å². The van der Waals surface area contributed by atoms with Gasteiger partial charge in [-0.1, -0.05) is 35.9 Å². The van der Waals surface area contributed by atoms with E-state index in [4.69, 9.17) is 9.47 Å². The maximum atomic E-state index is 10.8. The van der Waals surface area contributed by atoms with Crippen molar-refractivity contribution in [2.45, 2.75) is 45.1 Å². The molecule has 0 spiro atoms. The third-order valence-corrected chi connectivity index (χ3v) is 6.07. The van der Waals surface area contributed by atoms with Crippen molar-refractivity contribution in [1.29, 1.82) is 0 Å². The van der Waals surface area contributed by atoms with Crippen LogP contribution >= 0.6 is 0 Å². The van der Waals surface area contributed by atoms with E-state index >= 15 is 0 Å². The normalized spacial score (nSPS) is 22.8. The molecule has 1 aliphatic carbocycles. The van der Waals surface area contributed by atoms with E-state index in [0.29, 0.717) is 11.7 Å². The number of rotatable bonds is 3. The molecule has 0 saturated heterocycles. The van der Waals surface area contributed by atoms with Crippen LogP contribution in [0.15, 0.2) is 48.0 Å². The molecule has 0 amide bonds. The van der Waals surface area contributed by atoms with E-state index in [1.807, 2.05) is 48.6 Å². The first-order chi connectivity index (χ1) is 13.4. The minimum Gasteiger partial charge on any atom is -0.507 e. The number of hydrogen-bond donors (Lipinski definition) is 1. The predicted molar refractivity (Wildman–Crippen MR) is 114 cm³/mol. The summed E-state index contributed by atoms with van der Waals surface area (Å²) in [5, 5.41) is 10.8. The highest BCUT2D eigenvalue weighted by Gasteiger charge is 2.45. The van der Waals surface area contributed by atoms with E-state index in [2.05, 4.69) is 26.8 Å². The zero-order valence-corrected chi connectivity index (χ0v) is 17.0. The summed E-state index contributed by atoms with van der Waals surface area (Å²) in [6.45, 7) is 6.51. The van der Waals surface area contributed by atoms with Gasteiger partial charge in [0.2, 0.25) is 0 Å². The summed E-state index contributed by atoms with van der Waals surface area (Å²) in [4.78, 5) is 0. The van der Waals surface area contributed by atoms with Gasteiger partial charge in [-0.25, -0.2) is 0 Å². The van der Waals surface area contributed by atoms with Gasteiger partial charge in [0.15, 0.2) is 0 Å². The number of phenols is 1. The fraction of sp³-hybridized carbons (Fsp3) is 0.360. The van der Waals surface area contributed by atoms with Crippen molar-refractivity contribution in [3.05, 3.63) is 64.7 Å². The van der Waals surface area contributed by atoms with Gasteiger partial charge in [-0.3, -0.25) is 0 Å². The van der Waals surface area contributed by atoms with E-state index < -0.39 is 0 Å². The largest absolute Gasteiger partial charge is 0.507 e. The third kappa shape index (κ3) is 3.42. The Kier molecular flexibility index (Phi) is 4.70. The van der Waals surface area contributed by atoms with Crippen LogP contribution in [0.3, 0.4) is 0 Å². The predicted octanol–water partition coefficient (Wildman–Crippen LogP) is 6.18. The summed E-state index contributed by atoms with van der Waals surface area (Å²) < 4.78 is 11.6. The third-order valence-electron chi connectivity index (χ3n) is 6.07. The fourth-order valence-corrected chi connectivity index (χ4v) is 4.55.